The van der Waals surface area contributed by atoms with Crippen molar-refractivity contribution in [3.8, 4) is 11.5 Å². The van der Waals surface area contributed by atoms with Crippen molar-refractivity contribution in [3.63, 3.8) is 0 Å². The fourth-order valence-corrected chi connectivity index (χ4v) is 3.01. The zero-order valence-electron chi connectivity index (χ0n) is 16.5. The van der Waals surface area contributed by atoms with Gasteiger partial charge in [-0.3, -0.25) is 4.98 Å². The van der Waals surface area contributed by atoms with E-state index in [-0.39, 0.29) is 6.04 Å². The molecule has 1 aromatic heterocycles. The SMILES string of the molecule is COc1ccc(CN(Cc2ccc(OC)cc2)c2nccnc2C(C)N)cc1. The minimum absolute atomic E-state index is 0.210. The number of ether oxygens (including phenoxy) is 2. The van der Waals surface area contributed by atoms with Crippen LogP contribution in [0.25, 0.3) is 0 Å². The molecule has 3 rings (SSSR count). The fourth-order valence-electron chi connectivity index (χ4n) is 3.01. The molecule has 0 spiro atoms. The first kappa shape index (κ1) is 19.6. The van der Waals surface area contributed by atoms with Crippen LogP contribution in [-0.2, 0) is 13.1 Å². The molecule has 0 fully saturated rings. The number of nitrogens with zero attached hydrogens (tertiary/aromatic N) is 3. The van der Waals surface area contributed by atoms with Gasteiger partial charge in [0, 0.05) is 31.5 Å². The Morgan fingerprint density at radius 2 is 1.29 bits per heavy atom. The van der Waals surface area contributed by atoms with Crippen molar-refractivity contribution in [1.29, 1.82) is 0 Å². The zero-order chi connectivity index (χ0) is 19.9. The summed E-state index contributed by atoms with van der Waals surface area (Å²) in [5.41, 5.74) is 9.23. The van der Waals surface area contributed by atoms with Crippen molar-refractivity contribution >= 4 is 5.82 Å². The van der Waals surface area contributed by atoms with Crippen LogP contribution in [-0.4, -0.2) is 24.2 Å². The van der Waals surface area contributed by atoms with Crippen LogP contribution >= 0.6 is 0 Å². The third-order valence-corrected chi connectivity index (χ3v) is 4.50. The Morgan fingerprint density at radius 1 is 0.821 bits per heavy atom. The summed E-state index contributed by atoms with van der Waals surface area (Å²) in [7, 11) is 3.33. The number of aromatic nitrogens is 2. The summed E-state index contributed by atoms with van der Waals surface area (Å²) in [6.45, 7) is 3.27. The van der Waals surface area contributed by atoms with Gasteiger partial charge in [0.1, 0.15) is 11.5 Å². The van der Waals surface area contributed by atoms with E-state index in [0.717, 1.165) is 34.1 Å². The second kappa shape index (κ2) is 9.19. The lowest BCUT2D eigenvalue weighted by Gasteiger charge is -2.26. The van der Waals surface area contributed by atoms with Gasteiger partial charge < -0.3 is 20.1 Å². The summed E-state index contributed by atoms with van der Waals surface area (Å²) < 4.78 is 10.5. The maximum absolute atomic E-state index is 6.15. The van der Waals surface area contributed by atoms with Gasteiger partial charge in [-0.05, 0) is 42.3 Å². The third-order valence-electron chi connectivity index (χ3n) is 4.50. The van der Waals surface area contributed by atoms with E-state index in [0.29, 0.717) is 13.1 Å². The molecule has 0 saturated heterocycles. The van der Waals surface area contributed by atoms with E-state index in [1.807, 2.05) is 31.2 Å². The molecule has 6 heteroatoms. The van der Waals surface area contributed by atoms with Gasteiger partial charge in [-0.2, -0.15) is 0 Å². The Balaban J connectivity index is 1.92. The molecule has 3 aromatic rings. The van der Waals surface area contributed by atoms with Crippen LogP contribution in [0.2, 0.25) is 0 Å². The Bertz CT molecular complexity index is 830. The monoisotopic (exact) mass is 378 g/mol. The van der Waals surface area contributed by atoms with Crippen LogP contribution in [0.4, 0.5) is 5.82 Å². The van der Waals surface area contributed by atoms with Crippen LogP contribution in [0, 0.1) is 0 Å². The fraction of sp³-hybridized carbons (Fsp3) is 0.273. The second-order valence-electron chi connectivity index (χ2n) is 6.61. The molecule has 2 N–H and O–H groups in total. The van der Waals surface area contributed by atoms with Crippen molar-refractivity contribution in [2.45, 2.75) is 26.1 Å². The van der Waals surface area contributed by atoms with Crippen molar-refractivity contribution in [2.75, 3.05) is 19.1 Å². The van der Waals surface area contributed by atoms with Gasteiger partial charge in [0.2, 0.25) is 0 Å². The summed E-state index contributed by atoms with van der Waals surface area (Å²) in [6.07, 6.45) is 3.39. The number of rotatable bonds is 8. The standard InChI is InChI=1S/C22H26N4O2/c1-16(23)21-22(25-13-12-24-21)26(14-17-4-8-19(27-2)9-5-17)15-18-6-10-20(28-3)11-7-18/h4-13,16H,14-15,23H2,1-3H3. The first-order valence-electron chi connectivity index (χ1n) is 9.18. The minimum Gasteiger partial charge on any atom is -0.497 e. The summed E-state index contributed by atoms with van der Waals surface area (Å²) >= 11 is 0. The number of hydrogen-bond donors (Lipinski definition) is 1. The molecular formula is C22H26N4O2. The molecule has 1 atom stereocenters. The Kier molecular flexibility index (Phi) is 6.45. The number of benzene rings is 2. The summed E-state index contributed by atoms with van der Waals surface area (Å²) in [5.74, 6) is 2.46. The molecule has 0 aliphatic carbocycles. The Labute approximate surface area is 166 Å². The van der Waals surface area contributed by atoms with E-state index in [9.17, 15) is 0 Å². The van der Waals surface area contributed by atoms with Crippen molar-refractivity contribution in [2.24, 2.45) is 5.73 Å². The van der Waals surface area contributed by atoms with E-state index >= 15 is 0 Å². The lowest BCUT2D eigenvalue weighted by Crippen LogP contribution is -2.26. The second-order valence-corrected chi connectivity index (χ2v) is 6.61. The molecule has 1 heterocycles. The van der Waals surface area contributed by atoms with Crippen LogP contribution < -0.4 is 20.1 Å². The zero-order valence-corrected chi connectivity index (χ0v) is 16.5. The topological polar surface area (TPSA) is 73.5 Å². The van der Waals surface area contributed by atoms with E-state index in [1.165, 1.54) is 0 Å². The average molecular weight is 378 g/mol. The molecular weight excluding hydrogens is 352 g/mol. The Hall–Kier alpha value is -3.12. The quantitative estimate of drug-likeness (QED) is 0.644. The number of methoxy groups -OCH3 is 2. The highest BCUT2D eigenvalue weighted by Gasteiger charge is 2.17. The van der Waals surface area contributed by atoms with Gasteiger partial charge in [0.25, 0.3) is 0 Å². The molecule has 6 nitrogen and oxygen atoms in total. The van der Waals surface area contributed by atoms with Crippen molar-refractivity contribution < 1.29 is 9.47 Å². The highest BCUT2D eigenvalue weighted by molar-refractivity contribution is 5.46. The normalized spacial score (nSPS) is 11.7. The number of anilines is 1. The molecule has 0 bridgehead atoms. The van der Waals surface area contributed by atoms with Crippen LogP contribution in [0.5, 0.6) is 11.5 Å². The predicted octanol–water partition coefficient (Wildman–Crippen LogP) is 3.72. The molecule has 1 unspecified atom stereocenters. The largest absolute Gasteiger partial charge is 0.497 e. The van der Waals surface area contributed by atoms with Gasteiger partial charge in [0.15, 0.2) is 5.82 Å². The molecule has 0 saturated carbocycles. The van der Waals surface area contributed by atoms with Gasteiger partial charge in [-0.25, -0.2) is 4.98 Å². The number of hydrogen-bond acceptors (Lipinski definition) is 6. The summed E-state index contributed by atoms with van der Waals surface area (Å²) in [6, 6.07) is 15.9. The maximum atomic E-state index is 6.15. The highest BCUT2D eigenvalue weighted by atomic mass is 16.5. The summed E-state index contributed by atoms with van der Waals surface area (Å²) in [4.78, 5) is 11.3. The smallest absolute Gasteiger partial charge is 0.152 e. The molecule has 0 aliphatic heterocycles. The average Bonchev–Trinajstić information content (AvgIpc) is 2.74. The maximum Gasteiger partial charge on any atom is 0.152 e. The van der Waals surface area contributed by atoms with E-state index in [2.05, 4.69) is 39.1 Å². The van der Waals surface area contributed by atoms with Gasteiger partial charge >= 0.3 is 0 Å². The van der Waals surface area contributed by atoms with E-state index in [1.54, 1.807) is 26.6 Å². The predicted molar refractivity (Wildman–Crippen MR) is 111 cm³/mol. The first-order valence-corrected chi connectivity index (χ1v) is 9.18. The molecule has 0 aliphatic rings. The minimum atomic E-state index is -0.210. The number of nitrogens with two attached hydrogens (primary N) is 1. The van der Waals surface area contributed by atoms with Gasteiger partial charge in [-0.15, -0.1) is 0 Å². The van der Waals surface area contributed by atoms with Gasteiger partial charge in [0.05, 0.1) is 19.9 Å². The van der Waals surface area contributed by atoms with Crippen LogP contribution in [0.15, 0.2) is 60.9 Å². The molecule has 146 valence electrons. The lowest BCUT2D eigenvalue weighted by atomic mass is 10.1. The van der Waals surface area contributed by atoms with Gasteiger partial charge in [-0.1, -0.05) is 24.3 Å². The molecule has 2 aromatic carbocycles. The Morgan fingerprint density at radius 3 is 1.71 bits per heavy atom. The first-order chi connectivity index (χ1) is 13.6. The highest BCUT2D eigenvalue weighted by Crippen LogP contribution is 2.25. The third kappa shape index (κ3) is 4.78. The lowest BCUT2D eigenvalue weighted by molar-refractivity contribution is 0.414. The van der Waals surface area contributed by atoms with E-state index < -0.39 is 0 Å². The molecule has 28 heavy (non-hydrogen) atoms. The molecule has 0 amide bonds. The van der Waals surface area contributed by atoms with Crippen LogP contribution in [0.1, 0.15) is 29.8 Å². The van der Waals surface area contributed by atoms with E-state index in [4.69, 9.17) is 15.2 Å². The van der Waals surface area contributed by atoms with Crippen LogP contribution in [0.3, 0.4) is 0 Å². The van der Waals surface area contributed by atoms with Crippen molar-refractivity contribution in [1.82, 2.24) is 9.97 Å². The van der Waals surface area contributed by atoms with Crippen molar-refractivity contribution in [3.05, 3.63) is 77.7 Å². The summed E-state index contributed by atoms with van der Waals surface area (Å²) in [5, 5.41) is 0. The molecule has 0 radical (unpaired) electrons.